The fourth-order valence-corrected chi connectivity index (χ4v) is 6.23. The summed E-state index contributed by atoms with van der Waals surface area (Å²) in [7, 11) is 0. The van der Waals surface area contributed by atoms with Crippen LogP contribution in [0.4, 0.5) is 22.0 Å². The SMILES string of the molecule is CCCC[C@H]1CC[C@H](C2CCC(c3ccc(C(F)(F)Oc4ccc(C(F)(F)F)cc4)cc3)CC2)CC1. The maximum absolute atomic E-state index is 14.7. The van der Waals surface area contributed by atoms with Gasteiger partial charge >= 0.3 is 12.3 Å². The van der Waals surface area contributed by atoms with E-state index in [1.165, 1.54) is 69.9 Å². The van der Waals surface area contributed by atoms with Crippen LogP contribution >= 0.6 is 0 Å². The maximum atomic E-state index is 14.7. The van der Waals surface area contributed by atoms with Crippen molar-refractivity contribution < 1.29 is 26.7 Å². The van der Waals surface area contributed by atoms with E-state index in [-0.39, 0.29) is 11.3 Å². The summed E-state index contributed by atoms with van der Waals surface area (Å²) in [5.74, 6) is 2.66. The van der Waals surface area contributed by atoms with E-state index in [1.807, 2.05) is 0 Å². The Balaban J connectivity index is 1.28. The molecule has 0 N–H and O–H groups in total. The first kappa shape index (κ1) is 26.9. The number of benzene rings is 2. The zero-order chi connectivity index (χ0) is 25.8. The van der Waals surface area contributed by atoms with Crippen LogP contribution in [0.2, 0.25) is 0 Å². The maximum Gasteiger partial charge on any atom is 0.426 e. The van der Waals surface area contributed by atoms with Crippen LogP contribution in [0, 0.1) is 17.8 Å². The number of ether oxygens (including phenoxy) is 1. The minimum absolute atomic E-state index is 0.306. The molecule has 2 aromatic carbocycles. The standard InChI is InChI=1S/C30H37F5O/c1-2-3-4-21-5-7-22(8-6-21)23-9-11-24(12-10-23)25-13-15-27(16-14-25)30(34,35)36-28-19-17-26(18-20-28)29(31,32)33/h13-24H,2-12H2,1H3/t21-,22-,23?,24?. The highest BCUT2D eigenvalue weighted by atomic mass is 19.4. The zero-order valence-corrected chi connectivity index (χ0v) is 21.0. The molecule has 0 unspecified atom stereocenters. The highest BCUT2D eigenvalue weighted by Crippen LogP contribution is 2.45. The van der Waals surface area contributed by atoms with Crippen LogP contribution in [0.3, 0.4) is 0 Å². The molecular weight excluding hydrogens is 471 g/mol. The van der Waals surface area contributed by atoms with Crippen molar-refractivity contribution in [1.29, 1.82) is 0 Å². The normalized spacial score (nSPS) is 25.5. The van der Waals surface area contributed by atoms with Gasteiger partial charge in [0.1, 0.15) is 5.75 Å². The van der Waals surface area contributed by atoms with Gasteiger partial charge < -0.3 is 4.74 Å². The second-order valence-corrected chi connectivity index (χ2v) is 10.8. The average molecular weight is 509 g/mol. The van der Waals surface area contributed by atoms with Gasteiger partial charge in [-0.3, -0.25) is 0 Å². The topological polar surface area (TPSA) is 9.23 Å². The van der Waals surface area contributed by atoms with Crippen LogP contribution in [-0.4, -0.2) is 0 Å². The van der Waals surface area contributed by atoms with E-state index in [2.05, 4.69) is 6.92 Å². The largest absolute Gasteiger partial charge is 0.429 e. The first-order chi connectivity index (χ1) is 17.2. The Morgan fingerprint density at radius 1 is 0.694 bits per heavy atom. The van der Waals surface area contributed by atoms with Gasteiger partial charge in [0.05, 0.1) is 11.1 Å². The number of halogens is 5. The first-order valence-electron chi connectivity index (χ1n) is 13.5. The van der Waals surface area contributed by atoms with Crippen molar-refractivity contribution in [1.82, 2.24) is 0 Å². The molecule has 1 nitrogen and oxygen atoms in total. The van der Waals surface area contributed by atoms with E-state index >= 15 is 0 Å². The molecule has 0 aromatic heterocycles. The van der Waals surface area contributed by atoms with E-state index in [0.717, 1.165) is 60.4 Å². The average Bonchev–Trinajstić information content (AvgIpc) is 2.87. The number of alkyl halides is 5. The Morgan fingerprint density at radius 2 is 1.22 bits per heavy atom. The Labute approximate surface area is 211 Å². The van der Waals surface area contributed by atoms with Gasteiger partial charge in [0.15, 0.2) is 0 Å². The van der Waals surface area contributed by atoms with Crippen molar-refractivity contribution in [2.75, 3.05) is 0 Å². The number of hydrogen-bond acceptors (Lipinski definition) is 1. The smallest absolute Gasteiger partial charge is 0.426 e. The molecule has 0 atom stereocenters. The molecule has 36 heavy (non-hydrogen) atoms. The third kappa shape index (κ3) is 6.80. The molecule has 2 aromatic rings. The molecule has 0 heterocycles. The van der Waals surface area contributed by atoms with Crippen LogP contribution in [0.15, 0.2) is 48.5 Å². The summed E-state index contributed by atoms with van der Waals surface area (Å²) < 4.78 is 72.1. The van der Waals surface area contributed by atoms with Crippen LogP contribution < -0.4 is 4.74 Å². The Morgan fingerprint density at radius 3 is 1.75 bits per heavy atom. The van der Waals surface area contributed by atoms with Crippen LogP contribution in [0.5, 0.6) is 5.75 Å². The van der Waals surface area contributed by atoms with Crippen molar-refractivity contribution in [3.8, 4) is 5.75 Å². The molecule has 0 aliphatic heterocycles. The Bertz CT molecular complexity index is 935. The van der Waals surface area contributed by atoms with Gasteiger partial charge in [0.2, 0.25) is 0 Å². The first-order valence-corrected chi connectivity index (χ1v) is 13.5. The summed E-state index contributed by atoms with van der Waals surface area (Å²) in [6.07, 6.45) is 5.99. The predicted molar refractivity (Wildman–Crippen MR) is 132 cm³/mol. The van der Waals surface area contributed by atoms with Crippen molar-refractivity contribution >= 4 is 0 Å². The number of unbranched alkanes of at least 4 members (excludes halogenated alkanes) is 1. The third-order valence-corrected chi connectivity index (χ3v) is 8.44. The van der Waals surface area contributed by atoms with E-state index < -0.39 is 17.8 Å². The van der Waals surface area contributed by atoms with Gasteiger partial charge in [0, 0.05) is 0 Å². The predicted octanol–water partition coefficient (Wildman–Crippen LogP) is 10.1. The molecule has 2 aliphatic carbocycles. The molecule has 6 heteroatoms. The van der Waals surface area contributed by atoms with Crippen molar-refractivity contribution in [3.63, 3.8) is 0 Å². The minimum atomic E-state index is -4.52. The highest BCUT2D eigenvalue weighted by molar-refractivity contribution is 5.31. The number of rotatable bonds is 8. The summed E-state index contributed by atoms with van der Waals surface area (Å²) in [6, 6.07) is 9.58. The lowest BCUT2D eigenvalue weighted by atomic mass is 9.68. The van der Waals surface area contributed by atoms with Crippen molar-refractivity contribution in [2.24, 2.45) is 17.8 Å². The van der Waals surface area contributed by atoms with Gasteiger partial charge in [-0.2, -0.15) is 22.0 Å². The summed E-state index contributed by atoms with van der Waals surface area (Å²) in [5, 5.41) is 0. The molecule has 2 saturated carbocycles. The second kappa shape index (κ2) is 11.5. The lowest BCUT2D eigenvalue weighted by Gasteiger charge is -2.38. The summed E-state index contributed by atoms with van der Waals surface area (Å²) in [4.78, 5) is 0. The van der Waals surface area contributed by atoms with Gasteiger partial charge in [-0.25, -0.2) is 0 Å². The highest BCUT2D eigenvalue weighted by Gasteiger charge is 2.36. The van der Waals surface area contributed by atoms with E-state index in [4.69, 9.17) is 4.74 Å². The zero-order valence-electron chi connectivity index (χ0n) is 21.0. The Kier molecular flexibility index (Phi) is 8.62. The van der Waals surface area contributed by atoms with E-state index in [9.17, 15) is 22.0 Å². The summed E-state index contributed by atoms with van der Waals surface area (Å²) in [5.41, 5.74) is -0.137. The minimum Gasteiger partial charge on any atom is -0.429 e. The summed E-state index contributed by atoms with van der Waals surface area (Å²) in [6.45, 7) is 2.26. The summed E-state index contributed by atoms with van der Waals surface area (Å²) >= 11 is 0. The monoisotopic (exact) mass is 508 g/mol. The molecule has 4 rings (SSSR count). The molecule has 0 radical (unpaired) electrons. The van der Waals surface area contributed by atoms with Crippen LogP contribution in [0.1, 0.15) is 100 Å². The molecule has 0 bridgehead atoms. The van der Waals surface area contributed by atoms with Crippen molar-refractivity contribution in [2.45, 2.75) is 95.8 Å². The fraction of sp³-hybridized carbons (Fsp3) is 0.600. The second-order valence-electron chi connectivity index (χ2n) is 10.8. The molecule has 0 saturated heterocycles. The molecule has 2 aliphatic rings. The lowest BCUT2D eigenvalue weighted by molar-refractivity contribution is -0.185. The molecular formula is C30H37F5O. The quantitative estimate of drug-likeness (QED) is 0.322. The third-order valence-electron chi connectivity index (χ3n) is 8.44. The fourth-order valence-electron chi connectivity index (χ4n) is 6.23. The van der Waals surface area contributed by atoms with E-state index in [1.54, 1.807) is 12.1 Å². The van der Waals surface area contributed by atoms with Crippen LogP contribution in [0.25, 0.3) is 0 Å². The van der Waals surface area contributed by atoms with E-state index in [0.29, 0.717) is 5.92 Å². The molecule has 0 amide bonds. The molecule has 0 spiro atoms. The van der Waals surface area contributed by atoms with Crippen molar-refractivity contribution in [3.05, 3.63) is 65.2 Å². The van der Waals surface area contributed by atoms with Gasteiger partial charge in [-0.05, 0) is 104 Å². The van der Waals surface area contributed by atoms with Gasteiger partial charge in [-0.1, -0.05) is 51.2 Å². The molecule has 198 valence electrons. The van der Waals surface area contributed by atoms with Gasteiger partial charge in [-0.15, -0.1) is 0 Å². The Hall–Kier alpha value is -2.11. The lowest BCUT2D eigenvalue weighted by Crippen LogP contribution is -2.25. The van der Waals surface area contributed by atoms with Crippen LogP contribution in [-0.2, 0) is 12.3 Å². The van der Waals surface area contributed by atoms with Gasteiger partial charge in [0.25, 0.3) is 0 Å². The molecule has 2 fully saturated rings. The number of hydrogen-bond donors (Lipinski definition) is 0.